The van der Waals surface area contributed by atoms with E-state index in [0.717, 1.165) is 0 Å². The number of ether oxygens (including phenoxy) is 4. The van der Waals surface area contributed by atoms with Gasteiger partial charge >= 0.3 is 13.3 Å². The van der Waals surface area contributed by atoms with Crippen LogP contribution >= 0.6 is 7.80 Å². The normalized spacial score (nSPS) is 10.8. The van der Waals surface area contributed by atoms with Crippen LogP contribution in [-0.4, -0.2) is 39.7 Å². The van der Waals surface area contributed by atoms with Crippen molar-refractivity contribution in [2.45, 2.75) is 6.42 Å². The maximum atomic E-state index is 13.2. The van der Waals surface area contributed by atoms with Crippen molar-refractivity contribution in [1.29, 1.82) is 0 Å². The van der Waals surface area contributed by atoms with E-state index >= 15 is 0 Å². The molecule has 1 unspecified atom stereocenters. The number of Topliss-reactive ketones (excluding diaryl/α,β-unsaturated/α-hetero) is 1. The third kappa shape index (κ3) is 5.04. The van der Waals surface area contributed by atoms with Crippen LogP contribution in [0.15, 0.2) is 60.7 Å². The summed E-state index contributed by atoms with van der Waals surface area (Å²) in [6.45, 7) is 0. The Hall–Kier alpha value is -3.70. The van der Waals surface area contributed by atoms with Crippen LogP contribution in [0.2, 0.25) is 0 Å². The molecule has 0 aliphatic heterocycles. The van der Waals surface area contributed by atoms with E-state index in [1.807, 2.05) is 0 Å². The van der Waals surface area contributed by atoms with E-state index in [-0.39, 0.29) is 29.0 Å². The zero-order chi connectivity index (χ0) is 24.0. The Morgan fingerprint density at radius 3 is 1.73 bits per heavy atom. The molecule has 3 aromatic rings. The van der Waals surface area contributed by atoms with E-state index in [1.165, 1.54) is 28.4 Å². The number of carbonyl (C=O) groups is 2. The highest BCUT2D eigenvalue weighted by Crippen LogP contribution is 2.37. The van der Waals surface area contributed by atoms with Crippen molar-refractivity contribution in [3.05, 3.63) is 77.4 Å². The minimum absolute atomic E-state index is 0.0207. The maximum absolute atomic E-state index is 13.2. The second-order valence-corrected chi connectivity index (χ2v) is 8.39. The zero-order valence-electron chi connectivity index (χ0n) is 18.8. The van der Waals surface area contributed by atoms with E-state index in [1.54, 1.807) is 60.7 Å². The first-order valence-electron chi connectivity index (χ1n) is 10.0. The highest BCUT2D eigenvalue weighted by molar-refractivity contribution is 7.72. The van der Waals surface area contributed by atoms with Gasteiger partial charge in [-0.05, 0) is 42.0 Å². The quantitative estimate of drug-likeness (QED) is 0.322. The predicted octanol–water partition coefficient (Wildman–Crippen LogP) is 4.44. The molecular formula is C25H24O7P+. The molecule has 170 valence electrons. The third-order valence-electron chi connectivity index (χ3n) is 5.02. The topological polar surface area (TPSA) is 88.1 Å². The first kappa shape index (κ1) is 24.0. The summed E-state index contributed by atoms with van der Waals surface area (Å²) < 4.78 is 34.7. The molecule has 0 fully saturated rings. The van der Waals surface area contributed by atoms with Gasteiger partial charge in [0.05, 0.1) is 34.0 Å². The summed E-state index contributed by atoms with van der Waals surface area (Å²) in [6, 6.07) is 16.6. The summed E-state index contributed by atoms with van der Waals surface area (Å²) in [5.41, 5.74) is 0.658. The fourth-order valence-corrected chi connectivity index (χ4v) is 4.75. The summed E-state index contributed by atoms with van der Waals surface area (Å²) >= 11 is 0. The molecule has 0 amide bonds. The van der Waals surface area contributed by atoms with Gasteiger partial charge in [-0.1, -0.05) is 28.8 Å². The summed E-state index contributed by atoms with van der Waals surface area (Å²) in [5.74, 6) is 0.952. The number of methoxy groups -OCH3 is 4. The fourth-order valence-electron chi connectivity index (χ4n) is 3.45. The highest BCUT2D eigenvalue weighted by Gasteiger charge is 2.39. The lowest BCUT2D eigenvalue weighted by Gasteiger charge is -2.13. The lowest BCUT2D eigenvalue weighted by molar-refractivity contribution is 0.0986. The zero-order valence-corrected chi connectivity index (χ0v) is 19.7. The lowest BCUT2D eigenvalue weighted by atomic mass is 10.0. The number of benzene rings is 3. The van der Waals surface area contributed by atoms with Crippen LogP contribution in [0.25, 0.3) is 0 Å². The molecule has 0 spiro atoms. The molecule has 0 N–H and O–H groups in total. The van der Waals surface area contributed by atoms with Crippen LogP contribution < -0.4 is 24.3 Å². The molecule has 3 aromatic carbocycles. The average Bonchev–Trinajstić information content (AvgIpc) is 2.86. The molecule has 0 bridgehead atoms. The van der Waals surface area contributed by atoms with Crippen molar-refractivity contribution < 1.29 is 33.1 Å². The molecule has 3 rings (SSSR count). The Kier molecular flexibility index (Phi) is 7.80. The Morgan fingerprint density at radius 2 is 1.24 bits per heavy atom. The Labute approximate surface area is 193 Å². The van der Waals surface area contributed by atoms with Crippen molar-refractivity contribution in [2.75, 3.05) is 28.4 Å². The minimum atomic E-state index is -2.52. The van der Waals surface area contributed by atoms with Crippen LogP contribution in [0.1, 0.15) is 26.3 Å². The van der Waals surface area contributed by atoms with Gasteiger partial charge in [0, 0.05) is 6.42 Å². The standard InChI is InChI=1S/C25H24O7P/c1-29-19-11-8-12-20(30-2)23(19)18(26)13-16-14-21(31-3)24(22(15-16)32-4)33(28)25(27)17-9-6-5-7-10-17/h5-12,14-15H,13H2,1-4H3/q+1. The molecular weight excluding hydrogens is 443 g/mol. The molecule has 0 saturated carbocycles. The monoisotopic (exact) mass is 467 g/mol. The molecule has 0 aromatic heterocycles. The smallest absolute Gasteiger partial charge is 0.466 e. The Balaban J connectivity index is 1.99. The van der Waals surface area contributed by atoms with Crippen LogP contribution in [0.5, 0.6) is 23.0 Å². The lowest BCUT2D eigenvalue weighted by Crippen LogP contribution is -2.14. The largest absolute Gasteiger partial charge is 0.496 e. The van der Waals surface area contributed by atoms with Crippen molar-refractivity contribution >= 4 is 24.4 Å². The Bertz CT molecular complexity index is 1140. The maximum Gasteiger partial charge on any atom is 0.466 e. The molecule has 0 radical (unpaired) electrons. The van der Waals surface area contributed by atoms with E-state index in [9.17, 15) is 14.2 Å². The average molecular weight is 467 g/mol. The van der Waals surface area contributed by atoms with Gasteiger partial charge < -0.3 is 18.9 Å². The van der Waals surface area contributed by atoms with E-state index in [2.05, 4.69) is 0 Å². The Morgan fingerprint density at radius 1 is 0.727 bits per heavy atom. The predicted molar refractivity (Wildman–Crippen MR) is 125 cm³/mol. The summed E-state index contributed by atoms with van der Waals surface area (Å²) in [6.07, 6.45) is -0.0207. The van der Waals surface area contributed by atoms with Crippen LogP contribution in [0.4, 0.5) is 0 Å². The first-order valence-corrected chi connectivity index (χ1v) is 11.3. The molecule has 0 aliphatic rings. The number of hydrogen-bond donors (Lipinski definition) is 0. The third-order valence-corrected chi connectivity index (χ3v) is 6.49. The van der Waals surface area contributed by atoms with Crippen molar-refractivity contribution in [3.8, 4) is 23.0 Å². The summed E-state index contributed by atoms with van der Waals surface area (Å²) in [5, 5.41) is 0.148. The molecule has 0 aliphatic carbocycles. The second kappa shape index (κ2) is 10.7. The fraction of sp³-hybridized carbons (Fsp3) is 0.200. The van der Waals surface area contributed by atoms with Crippen LogP contribution in [-0.2, 0) is 11.0 Å². The van der Waals surface area contributed by atoms with E-state index in [0.29, 0.717) is 28.2 Å². The van der Waals surface area contributed by atoms with Crippen molar-refractivity contribution in [2.24, 2.45) is 0 Å². The second-order valence-electron chi connectivity index (χ2n) is 6.95. The van der Waals surface area contributed by atoms with Gasteiger partial charge in [-0.25, -0.2) is 4.79 Å². The molecule has 0 heterocycles. The molecule has 8 heteroatoms. The van der Waals surface area contributed by atoms with Gasteiger partial charge in [0.15, 0.2) is 17.3 Å². The minimum Gasteiger partial charge on any atom is -0.496 e. The number of rotatable bonds is 10. The number of carbonyl (C=O) groups excluding carboxylic acids is 2. The van der Waals surface area contributed by atoms with Gasteiger partial charge in [0.1, 0.15) is 17.1 Å². The molecule has 33 heavy (non-hydrogen) atoms. The van der Waals surface area contributed by atoms with Gasteiger partial charge in [-0.3, -0.25) is 4.79 Å². The van der Waals surface area contributed by atoms with E-state index < -0.39 is 13.3 Å². The highest BCUT2D eigenvalue weighted by atomic mass is 31.1. The van der Waals surface area contributed by atoms with Crippen LogP contribution in [0, 0.1) is 0 Å². The SMILES string of the molecule is COc1cccc(OC)c1C(=O)Cc1cc(OC)c([P+](=O)C(=O)c2ccccc2)c(OC)c1. The van der Waals surface area contributed by atoms with Gasteiger partial charge in [0.25, 0.3) is 5.30 Å². The first-order chi connectivity index (χ1) is 15.9. The van der Waals surface area contributed by atoms with Crippen molar-refractivity contribution in [3.63, 3.8) is 0 Å². The summed E-state index contributed by atoms with van der Waals surface area (Å²) in [7, 11) is 3.25. The number of ketones is 1. The van der Waals surface area contributed by atoms with Gasteiger partial charge in [0.2, 0.25) is 0 Å². The molecule has 7 nitrogen and oxygen atoms in total. The van der Waals surface area contributed by atoms with Gasteiger partial charge in [-0.15, -0.1) is 0 Å². The van der Waals surface area contributed by atoms with Crippen LogP contribution in [0.3, 0.4) is 0 Å². The van der Waals surface area contributed by atoms with E-state index in [4.69, 9.17) is 18.9 Å². The van der Waals surface area contributed by atoms with Gasteiger partial charge in [-0.2, -0.15) is 0 Å². The van der Waals surface area contributed by atoms with Crippen molar-refractivity contribution in [1.82, 2.24) is 0 Å². The molecule has 0 saturated heterocycles. The molecule has 1 atom stereocenters. The summed E-state index contributed by atoms with van der Waals surface area (Å²) in [4.78, 5) is 25.9. The number of hydrogen-bond acceptors (Lipinski definition) is 7.